The number of hydrogen-bond acceptors (Lipinski definition) is 3. The van der Waals surface area contributed by atoms with E-state index in [1.165, 1.54) is 0 Å². The van der Waals surface area contributed by atoms with Crippen molar-refractivity contribution >= 4 is 26.0 Å². The maximum Gasteiger partial charge on any atom is 0.212 e. The van der Waals surface area contributed by atoms with E-state index in [-0.39, 0.29) is 11.8 Å². The molecule has 0 fully saturated rings. The fourth-order valence-electron chi connectivity index (χ4n) is 1.96. The summed E-state index contributed by atoms with van der Waals surface area (Å²) in [5, 5.41) is 0. The van der Waals surface area contributed by atoms with E-state index in [0.29, 0.717) is 6.42 Å². The van der Waals surface area contributed by atoms with Crippen LogP contribution < -0.4 is 4.72 Å². The molecule has 1 aromatic heterocycles. The summed E-state index contributed by atoms with van der Waals surface area (Å²) in [4.78, 5) is 4.13. The number of rotatable bonds is 6. The predicted octanol–water partition coefficient (Wildman–Crippen LogP) is 3.07. The molecular weight excluding hydrogens is 352 g/mol. The minimum Gasteiger partial charge on any atom is -0.261 e. The summed E-state index contributed by atoms with van der Waals surface area (Å²) in [5.41, 5.74) is 1.70. The molecular formula is C15H17BrN2O2S. The van der Waals surface area contributed by atoms with Gasteiger partial charge in [-0.25, -0.2) is 13.1 Å². The normalized spacial score (nSPS) is 13.0. The summed E-state index contributed by atoms with van der Waals surface area (Å²) >= 11 is 3.39. The van der Waals surface area contributed by atoms with Crippen LogP contribution >= 0.6 is 15.9 Å². The minimum atomic E-state index is -3.35. The van der Waals surface area contributed by atoms with Crippen molar-refractivity contribution < 1.29 is 8.42 Å². The lowest BCUT2D eigenvalue weighted by atomic mass is 10.1. The van der Waals surface area contributed by atoms with Crippen LogP contribution in [-0.4, -0.2) is 19.2 Å². The zero-order valence-electron chi connectivity index (χ0n) is 11.7. The highest BCUT2D eigenvalue weighted by Gasteiger charge is 2.16. The van der Waals surface area contributed by atoms with E-state index < -0.39 is 10.0 Å². The average molecular weight is 369 g/mol. The molecule has 6 heteroatoms. The molecule has 1 unspecified atom stereocenters. The second kappa shape index (κ2) is 7.15. The molecule has 2 rings (SSSR count). The van der Waals surface area contributed by atoms with Gasteiger partial charge >= 0.3 is 0 Å². The Kier molecular flexibility index (Phi) is 5.50. The lowest BCUT2D eigenvalue weighted by molar-refractivity contribution is 0.566. The Labute approximate surface area is 133 Å². The van der Waals surface area contributed by atoms with Crippen molar-refractivity contribution in [2.24, 2.45) is 0 Å². The Balaban J connectivity index is 1.97. The van der Waals surface area contributed by atoms with Gasteiger partial charge in [-0.1, -0.05) is 34.1 Å². The number of nitrogens with one attached hydrogen (secondary N) is 1. The number of aryl methyl sites for hydroxylation is 1. The first-order valence-electron chi connectivity index (χ1n) is 6.62. The van der Waals surface area contributed by atoms with Crippen molar-refractivity contribution in [2.75, 3.05) is 5.75 Å². The molecule has 0 amide bonds. The van der Waals surface area contributed by atoms with E-state index in [0.717, 1.165) is 15.7 Å². The molecule has 4 nitrogen and oxygen atoms in total. The zero-order chi connectivity index (χ0) is 15.3. The van der Waals surface area contributed by atoms with Gasteiger partial charge in [0.1, 0.15) is 0 Å². The predicted molar refractivity (Wildman–Crippen MR) is 87.4 cm³/mol. The van der Waals surface area contributed by atoms with Crippen molar-refractivity contribution in [3.8, 4) is 0 Å². The number of pyridine rings is 1. The lowest BCUT2D eigenvalue weighted by Crippen LogP contribution is -2.30. The number of sulfonamides is 1. The van der Waals surface area contributed by atoms with Gasteiger partial charge in [-0.3, -0.25) is 4.98 Å². The average Bonchev–Trinajstić information content (AvgIpc) is 2.46. The smallest absolute Gasteiger partial charge is 0.212 e. The van der Waals surface area contributed by atoms with Gasteiger partial charge < -0.3 is 0 Å². The summed E-state index contributed by atoms with van der Waals surface area (Å²) in [7, 11) is -3.35. The number of benzene rings is 1. The fourth-order valence-corrected chi connectivity index (χ4v) is 3.64. The van der Waals surface area contributed by atoms with Crippen molar-refractivity contribution in [3.05, 3.63) is 64.4 Å². The third-order valence-electron chi connectivity index (χ3n) is 3.06. The number of nitrogens with zero attached hydrogens (tertiary/aromatic N) is 1. The maximum absolute atomic E-state index is 12.1. The van der Waals surface area contributed by atoms with Crippen molar-refractivity contribution in [2.45, 2.75) is 19.4 Å². The van der Waals surface area contributed by atoms with Crippen molar-refractivity contribution in [1.82, 2.24) is 9.71 Å². The van der Waals surface area contributed by atoms with Crippen molar-refractivity contribution in [3.63, 3.8) is 0 Å². The Morgan fingerprint density at radius 3 is 2.71 bits per heavy atom. The first kappa shape index (κ1) is 16.1. The third kappa shape index (κ3) is 5.22. The SMILES string of the molecule is CC(NS(=O)(=O)CCc1ccccn1)c1cccc(Br)c1. The van der Waals surface area contributed by atoms with Crippen LogP contribution in [0.4, 0.5) is 0 Å². The molecule has 1 heterocycles. The molecule has 0 spiro atoms. The number of hydrogen-bond donors (Lipinski definition) is 1. The standard InChI is InChI=1S/C15H17BrN2O2S/c1-12(13-5-4-6-14(16)11-13)18-21(19,20)10-8-15-7-2-3-9-17-15/h2-7,9,11-12,18H,8,10H2,1H3. The number of halogens is 1. The summed E-state index contributed by atoms with van der Waals surface area (Å²) in [6.45, 7) is 1.83. The molecule has 112 valence electrons. The Morgan fingerprint density at radius 1 is 1.24 bits per heavy atom. The molecule has 1 N–H and O–H groups in total. The van der Waals surface area contributed by atoms with Crippen molar-refractivity contribution in [1.29, 1.82) is 0 Å². The largest absolute Gasteiger partial charge is 0.261 e. The van der Waals surface area contributed by atoms with E-state index in [1.54, 1.807) is 6.20 Å². The first-order chi connectivity index (χ1) is 9.96. The van der Waals surface area contributed by atoms with Gasteiger partial charge in [-0.05, 0) is 36.8 Å². The van der Waals surface area contributed by atoms with Crippen LogP contribution in [0.2, 0.25) is 0 Å². The first-order valence-corrected chi connectivity index (χ1v) is 9.06. The fraction of sp³-hybridized carbons (Fsp3) is 0.267. The highest BCUT2D eigenvalue weighted by atomic mass is 79.9. The molecule has 0 saturated carbocycles. The molecule has 21 heavy (non-hydrogen) atoms. The summed E-state index contributed by atoms with van der Waals surface area (Å²) in [6.07, 6.45) is 2.07. The van der Waals surface area contributed by atoms with Gasteiger partial charge in [0.2, 0.25) is 10.0 Å². The van der Waals surface area contributed by atoms with E-state index in [1.807, 2.05) is 49.4 Å². The second-order valence-corrected chi connectivity index (χ2v) is 7.57. The van der Waals surface area contributed by atoms with Crippen LogP contribution in [-0.2, 0) is 16.4 Å². The molecule has 1 aromatic carbocycles. The highest BCUT2D eigenvalue weighted by molar-refractivity contribution is 9.10. The topological polar surface area (TPSA) is 59.1 Å². The Bertz CT molecular complexity index is 690. The molecule has 0 aliphatic rings. The molecule has 1 atom stereocenters. The lowest BCUT2D eigenvalue weighted by Gasteiger charge is -2.15. The van der Waals surface area contributed by atoms with Crippen LogP contribution in [0.1, 0.15) is 24.2 Å². The van der Waals surface area contributed by atoms with Gasteiger partial charge in [0.05, 0.1) is 5.75 Å². The van der Waals surface area contributed by atoms with Gasteiger partial charge in [0, 0.05) is 28.8 Å². The highest BCUT2D eigenvalue weighted by Crippen LogP contribution is 2.18. The molecule has 0 bridgehead atoms. The minimum absolute atomic E-state index is 0.0301. The summed E-state index contributed by atoms with van der Waals surface area (Å²) in [5.74, 6) is 0.0301. The van der Waals surface area contributed by atoms with E-state index in [9.17, 15) is 8.42 Å². The molecule has 2 aromatic rings. The molecule has 0 saturated heterocycles. The Hall–Kier alpha value is -1.24. The van der Waals surface area contributed by atoms with Crippen LogP contribution in [0.15, 0.2) is 53.1 Å². The monoisotopic (exact) mass is 368 g/mol. The molecule has 0 radical (unpaired) electrons. The van der Waals surface area contributed by atoms with Crippen LogP contribution in [0, 0.1) is 0 Å². The number of aromatic nitrogens is 1. The summed E-state index contributed by atoms with van der Waals surface area (Å²) < 4.78 is 27.9. The van der Waals surface area contributed by atoms with Gasteiger partial charge in [-0.2, -0.15) is 0 Å². The van der Waals surface area contributed by atoms with Gasteiger partial charge in [-0.15, -0.1) is 0 Å². The van der Waals surface area contributed by atoms with Crippen LogP contribution in [0.5, 0.6) is 0 Å². The maximum atomic E-state index is 12.1. The van der Waals surface area contributed by atoms with E-state index in [4.69, 9.17) is 0 Å². The van der Waals surface area contributed by atoms with Gasteiger partial charge in [0.15, 0.2) is 0 Å². The van der Waals surface area contributed by atoms with Crippen LogP contribution in [0.25, 0.3) is 0 Å². The van der Waals surface area contributed by atoms with Gasteiger partial charge in [0.25, 0.3) is 0 Å². The Morgan fingerprint density at radius 2 is 2.05 bits per heavy atom. The second-order valence-electron chi connectivity index (χ2n) is 4.78. The quantitative estimate of drug-likeness (QED) is 0.852. The molecule has 0 aliphatic heterocycles. The van der Waals surface area contributed by atoms with Crippen LogP contribution in [0.3, 0.4) is 0 Å². The zero-order valence-corrected chi connectivity index (χ0v) is 14.1. The molecule has 0 aliphatic carbocycles. The third-order valence-corrected chi connectivity index (χ3v) is 5.01. The van der Waals surface area contributed by atoms with E-state index in [2.05, 4.69) is 25.6 Å². The summed E-state index contributed by atoms with van der Waals surface area (Å²) in [6, 6.07) is 12.8. The van der Waals surface area contributed by atoms with E-state index >= 15 is 0 Å².